The molecule has 0 radical (unpaired) electrons. The summed E-state index contributed by atoms with van der Waals surface area (Å²) in [6.45, 7) is 12.5. The van der Waals surface area contributed by atoms with Crippen molar-refractivity contribution in [3.8, 4) is 0 Å². The lowest BCUT2D eigenvalue weighted by molar-refractivity contribution is 0.0414. The molecular weight excluding hydrogens is 390 g/mol. The number of amides is 1. The molecule has 0 saturated carbocycles. The molecule has 0 aromatic carbocycles. The predicted octanol–water partition coefficient (Wildman–Crippen LogP) is 1.72. The summed E-state index contributed by atoms with van der Waals surface area (Å²) in [5, 5.41) is 1.13. The lowest BCUT2D eigenvalue weighted by Gasteiger charge is -2.43. The number of anilines is 1. The van der Waals surface area contributed by atoms with Gasteiger partial charge >= 0.3 is 6.09 Å². The molecule has 3 aliphatic heterocycles. The standard InChI is InChI=1S/C20H33N5O3S/c1-2-28-20(26)25-8-6-23(7-9-25)17-4-3-5-22(15-17)16-18-14-21-19(29-18)24-10-12-27-13-11-24/h14,17H,2-13,15-16H2,1H3/t17-/m1/s1. The molecule has 3 saturated heterocycles. The summed E-state index contributed by atoms with van der Waals surface area (Å²) in [5.41, 5.74) is 0. The van der Waals surface area contributed by atoms with Gasteiger partial charge in [0.15, 0.2) is 5.13 Å². The Balaban J connectivity index is 1.26. The largest absolute Gasteiger partial charge is 0.450 e. The summed E-state index contributed by atoms with van der Waals surface area (Å²) >= 11 is 1.82. The second-order valence-electron chi connectivity index (χ2n) is 7.96. The van der Waals surface area contributed by atoms with Crippen LogP contribution in [-0.2, 0) is 16.0 Å². The van der Waals surface area contributed by atoms with Crippen molar-refractivity contribution in [2.24, 2.45) is 0 Å². The summed E-state index contributed by atoms with van der Waals surface area (Å²) in [5.74, 6) is 0. The Bertz CT molecular complexity index is 658. The highest BCUT2D eigenvalue weighted by atomic mass is 32.1. The van der Waals surface area contributed by atoms with E-state index >= 15 is 0 Å². The van der Waals surface area contributed by atoms with E-state index in [1.165, 1.54) is 17.7 Å². The number of carbonyl (C=O) groups is 1. The zero-order valence-corrected chi connectivity index (χ0v) is 18.2. The maximum absolute atomic E-state index is 11.9. The van der Waals surface area contributed by atoms with Crippen LogP contribution >= 0.6 is 11.3 Å². The first-order valence-electron chi connectivity index (χ1n) is 10.9. The molecule has 1 aromatic heterocycles. The van der Waals surface area contributed by atoms with Crippen LogP contribution in [0, 0.1) is 0 Å². The van der Waals surface area contributed by atoms with Gasteiger partial charge in [-0.15, -0.1) is 11.3 Å². The van der Waals surface area contributed by atoms with Gasteiger partial charge in [0.2, 0.25) is 0 Å². The highest BCUT2D eigenvalue weighted by molar-refractivity contribution is 7.15. The number of morpholine rings is 1. The number of rotatable bonds is 5. The molecular formula is C20H33N5O3S. The SMILES string of the molecule is CCOC(=O)N1CCN([C@@H]2CCCN(Cc3cnc(N4CCOCC4)s3)C2)CC1. The van der Waals surface area contributed by atoms with Crippen molar-refractivity contribution < 1.29 is 14.3 Å². The molecule has 0 aliphatic carbocycles. The van der Waals surface area contributed by atoms with Gasteiger partial charge < -0.3 is 19.3 Å². The number of hydrogen-bond donors (Lipinski definition) is 0. The van der Waals surface area contributed by atoms with Crippen molar-refractivity contribution in [2.45, 2.75) is 32.4 Å². The third kappa shape index (κ3) is 5.39. The van der Waals surface area contributed by atoms with Crippen LogP contribution in [-0.4, -0.2) is 104 Å². The summed E-state index contributed by atoms with van der Waals surface area (Å²) in [6.07, 6.45) is 4.37. The smallest absolute Gasteiger partial charge is 0.409 e. The monoisotopic (exact) mass is 423 g/mol. The molecule has 4 rings (SSSR count). The first-order chi connectivity index (χ1) is 14.2. The van der Waals surface area contributed by atoms with E-state index in [1.807, 2.05) is 23.2 Å². The Hall–Kier alpha value is -1.42. The molecule has 1 aromatic rings. The van der Waals surface area contributed by atoms with Crippen LogP contribution in [0.1, 0.15) is 24.6 Å². The van der Waals surface area contributed by atoms with E-state index in [1.54, 1.807) is 0 Å². The normalized spacial score (nSPS) is 24.7. The van der Waals surface area contributed by atoms with Crippen molar-refractivity contribution >= 4 is 22.6 Å². The highest BCUT2D eigenvalue weighted by Gasteiger charge is 2.30. The fourth-order valence-corrected chi connectivity index (χ4v) is 5.45. The second kappa shape index (κ2) is 10.1. The Labute approximate surface area is 177 Å². The minimum Gasteiger partial charge on any atom is -0.450 e. The van der Waals surface area contributed by atoms with Crippen molar-refractivity contribution in [3.63, 3.8) is 0 Å². The fourth-order valence-electron chi connectivity index (χ4n) is 4.45. The lowest BCUT2D eigenvalue weighted by Crippen LogP contribution is -2.55. The minimum absolute atomic E-state index is 0.168. The molecule has 8 nitrogen and oxygen atoms in total. The van der Waals surface area contributed by atoms with E-state index < -0.39 is 0 Å². The number of thiazole rings is 1. The van der Waals surface area contributed by atoms with E-state index in [0.29, 0.717) is 12.6 Å². The summed E-state index contributed by atoms with van der Waals surface area (Å²) in [7, 11) is 0. The molecule has 162 valence electrons. The summed E-state index contributed by atoms with van der Waals surface area (Å²) in [6, 6.07) is 0.583. The van der Waals surface area contributed by atoms with Gasteiger partial charge in [0.25, 0.3) is 0 Å². The van der Waals surface area contributed by atoms with Gasteiger partial charge in [-0.05, 0) is 26.3 Å². The van der Waals surface area contributed by atoms with Gasteiger partial charge in [-0.25, -0.2) is 9.78 Å². The van der Waals surface area contributed by atoms with Crippen molar-refractivity contribution in [2.75, 3.05) is 77.1 Å². The van der Waals surface area contributed by atoms with Crippen LogP contribution in [0.3, 0.4) is 0 Å². The van der Waals surface area contributed by atoms with Crippen LogP contribution in [0.15, 0.2) is 6.20 Å². The Morgan fingerprint density at radius 3 is 2.76 bits per heavy atom. The molecule has 1 amide bonds. The van der Waals surface area contributed by atoms with E-state index in [4.69, 9.17) is 9.47 Å². The Kier molecular flexibility index (Phi) is 7.23. The first kappa shape index (κ1) is 20.8. The van der Waals surface area contributed by atoms with Gasteiger partial charge in [-0.1, -0.05) is 0 Å². The summed E-state index contributed by atoms with van der Waals surface area (Å²) in [4.78, 5) is 27.2. The van der Waals surface area contributed by atoms with Gasteiger partial charge in [0.05, 0.1) is 19.8 Å². The molecule has 0 unspecified atom stereocenters. The van der Waals surface area contributed by atoms with E-state index in [9.17, 15) is 4.79 Å². The molecule has 4 heterocycles. The maximum atomic E-state index is 11.9. The summed E-state index contributed by atoms with van der Waals surface area (Å²) < 4.78 is 10.6. The topological polar surface area (TPSA) is 61.4 Å². The van der Waals surface area contributed by atoms with Gasteiger partial charge in [-0.3, -0.25) is 9.80 Å². The fraction of sp³-hybridized carbons (Fsp3) is 0.800. The molecule has 3 aliphatic rings. The van der Waals surface area contributed by atoms with Crippen LogP contribution in [0.2, 0.25) is 0 Å². The van der Waals surface area contributed by atoms with E-state index in [2.05, 4.69) is 25.9 Å². The molecule has 3 fully saturated rings. The quantitative estimate of drug-likeness (QED) is 0.715. The number of likely N-dealkylation sites (tertiary alicyclic amines) is 1. The van der Waals surface area contributed by atoms with Crippen LogP contribution in [0.25, 0.3) is 0 Å². The third-order valence-corrected chi connectivity index (χ3v) is 7.08. The first-order valence-corrected chi connectivity index (χ1v) is 11.7. The van der Waals surface area contributed by atoms with Gasteiger partial charge in [0.1, 0.15) is 0 Å². The van der Waals surface area contributed by atoms with E-state index in [0.717, 1.165) is 77.2 Å². The van der Waals surface area contributed by atoms with E-state index in [-0.39, 0.29) is 6.09 Å². The lowest BCUT2D eigenvalue weighted by atomic mass is 10.0. The van der Waals surface area contributed by atoms with Gasteiger partial charge in [-0.2, -0.15) is 0 Å². The number of carbonyl (C=O) groups excluding carboxylic acids is 1. The number of piperazine rings is 1. The number of hydrogen-bond acceptors (Lipinski definition) is 8. The van der Waals surface area contributed by atoms with Crippen LogP contribution in [0.4, 0.5) is 9.93 Å². The third-order valence-electron chi connectivity index (χ3n) is 6.04. The molecule has 0 bridgehead atoms. The van der Waals surface area contributed by atoms with Crippen LogP contribution in [0.5, 0.6) is 0 Å². The van der Waals surface area contributed by atoms with Crippen molar-refractivity contribution in [1.82, 2.24) is 19.7 Å². The number of nitrogens with zero attached hydrogens (tertiary/aromatic N) is 5. The number of ether oxygens (including phenoxy) is 2. The number of piperidine rings is 1. The average Bonchev–Trinajstić information content (AvgIpc) is 3.23. The minimum atomic E-state index is -0.168. The molecule has 1 atom stereocenters. The van der Waals surface area contributed by atoms with Gasteiger partial charge in [0, 0.05) is 69.5 Å². The molecule has 9 heteroatoms. The highest BCUT2D eigenvalue weighted by Crippen LogP contribution is 2.26. The second-order valence-corrected chi connectivity index (χ2v) is 9.06. The molecule has 0 spiro atoms. The maximum Gasteiger partial charge on any atom is 0.409 e. The predicted molar refractivity (Wildman–Crippen MR) is 114 cm³/mol. The Morgan fingerprint density at radius 1 is 1.21 bits per heavy atom. The average molecular weight is 424 g/mol. The van der Waals surface area contributed by atoms with Crippen molar-refractivity contribution in [3.05, 3.63) is 11.1 Å². The number of aromatic nitrogens is 1. The van der Waals surface area contributed by atoms with Crippen molar-refractivity contribution in [1.29, 1.82) is 0 Å². The zero-order valence-electron chi connectivity index (χ0n) is 17.4. The molecule has 0 N–H and O–H groups in total. The zero-order chi connectivity index (χ0) is 20.1. The molecule has 29 heavy (non-hydrogen) atoms. The van der Waals surface area contributed by atoms with Crippen LogP contribution < -0.4 is 4.90 Å². The Morgan fingerprint density at radius 2 is 2.00 bits per heavy atom.